The molecule has 1 amide bonds. The standard InChI is InChI=1S/C22H17BrFNO3S/c1-14-4-9-19(18(23)11-14)25-21(26)13-28-22(27)17(20-3-2-10-29-20)12-15-5-7-16(24)8-6-15/h2-12H,13H2,1H3,(H,25,26)/b17-12+. The molecular formula is C22H17BrFNO3S. The minimum absolute atomic E-state index is 0.302. The Morgan fingerprint density at radius 2 is 1.93 bits per heavy atom. The number of carbonyl (C=O) groups is 2. The molecule has 0 saturated carbocycles. The summed E-state index contributed by atoms with van der Waals surface area (Å²) < 4.78 is 19.1. The van der Waals surface area contributed by atoms with E-state index in [1.54, 1.807) is 30.3 Å². The zero-order valence-corrected chi connectivity index (χ0v) is 17.8. The van der Waals surface area contributed by atoms with Crippen molar-refractivity contribution in [2.75, 3.05) is 11.9 Å². The van der Waals surface area contributed by atoms with Crippen molar-refractivity contribution >= 4 is 56.5 Å². The van der Waals surface area contributed by atoms with Crippen LogP contribution in [0.15, 0.2) is 64.5 Å². The average Bonchev–Trinajstić information content (AvgIpc) is 3.22. The van der Waals surface area contributed by atoms with Crippen molar-refractivity contribution in [3.05, 3.63) is 86.3 Å². The van der Waals surface area contributed by atoms with E-state index in [1.165, 1.54) is 23.5 Å². The number of amides is 1. The van der Waals surface area contributed by atoms with Crippen LogP contribution in [0.2, 0.25) is 0 Å². The van der Waals surface area contributed by atoms with Crippen LogP contribution < -0.4 is 5.32 Å². The third-order valence-electron chi connectivity index (χ3n) is 3.92. The number of thiophene rings is 1. The molecule has 0 spiro atoms. The molecule has 7 heteroatoms. The number of rotatable bonds is 6. The van der Waals surface area contributed by atoms with Gasteiger partial charge in [0.2, 0.25) is 0 Å². The number of hydrogen-bond acceptors (Lipinski definition) is 4. The maximum absolute atomic E-state index is 13.1. The smallest absolute Gasteiger partial charge is 0.340 e. The van der Waals surface area contributed by atoms with Crippen LogP contribution in [0.5, 0.6) is 0 Å². The highest BCUT2D eigenvalue weighted by molar-refractivity contribution is 9.10. The molecule has 0 radical (unpaired) electrons. The second-order valence-electron chi connectivity index (χ2n) is 6.19. The molecule has 1 aromatic heterocycles. The Bertz CT molecular complexity index is 1050. The summed E-state index contributed by atoms with van der Waals surface area (Å²) in [5, 5.41) is 4.54. The number of ether oxygens (including phenoxy) is 1. The van der Waals surface area contributed by atoms with Crippen molar-refractivity contribution in [3.8, 4) is 0 Å². The van der Waals surface area contributed by atoms with Crippen molar-refractivity contribution in [2.45, 2.75) is 6.92 Å². The number of hydrogen-bond donors (Lipinski definition) is 1. The van der Waals surface area contributed by atoms with Gasteiger partial charge in [-0.15, -0.1) is 11.3 Å². The molecule has 0 bridgehead atoms. The Hall–Kier alpha value is -2.77. The van der Waals surface area contributed by atoms with Crippen molar-refractivity contribution in [2.24, 2.45) is 0 Å². The van der Waals surface area contributed by atoms with E-state index in [0.717, 1.165) is 10.0 Å². The van der Waals surface area contributed by atoms with Gasteiger partial charge in [0.05, 0.1) is 11.3 Å². The largest absolute Gasteiger partial charge is 0.452 e. The van der Waals surface area contributed by atoms with Gasteiger partial charge in [-0.1, -0.05) is 24.3 Å². The van der Waals surface area contributed by atoms with Crippen LogP contribution in [-0.4, -0.2) is 18.5 Å². The van der Waals surface area contributed by atoms with Gasteiger partial charge in [0, 0.05) is 9.35 Å². The summed E-state index contributed by atoms with van der Waals surface area (Å²) in [5.74, 6) is -1.44. The fourth-order valence-electron chi connectivity index (χ4n) is 2.50. The van der Waals surface area contributed by atoms with Gasteiger partial charge in [-0.05, 0) is 75.8 Å². The third kappa shape index (κ3) is 5.85. The second kappa shape index (κ2) is 9.62. The van der Waals surface area contributed by atoms with Gasteiger partial charge in [0.15, 0.2) is 6.61 Å². The Balaban J connectivity index is 1.70. The fourth-order valence-corrected chi connectivity index (χ4v) is 3.83. The van der Waals surface area contributed by atoms with Crippen LogP contribution >= 0.6 is 27.3 Å². The molecule has 0 aliphatic carbocycles. The fraction of sp³-hybridized carbons (Fsp3) is 0.0909. The van der Waals surface area contributed by atoms with E-state index in [1.807, 2.05) is 30.5 Å². The maximum atomic E-state index is 13.1. The van der Waals surface area contributed by atoms with Crippen LogP contribution in [0.4, 0.5) is 10.1 Å². The molecule has 0 saturated heterocycles. The third-order valence-corrected chi connectivity index (χ3v) is 5.48. The van der Waals surface area contributed by atoms with Gasteiger partial charge in [-0.3, -0.25) is 4.79 Å². The van der Waals surface area contributed by atoms with Gasteiger partial charge in [0.1, 0.15) is 5.82 Å². The van der Waals surface area contributed by atoms with Crippen molar-refractivity contribution < 1.29 is 18.7 Å². The number of anilines is 1. The summed E-state index contributed by atoms with van der Waals surface area (Å²) in [6.45, 7) is 1.52. The lowest BCUT2D eigenvalue weighted by atomic mass is 10.1. The molecule has 3 rings (SSSR count). The summed E-state index contributed by atoms with van der Waals surface area (Å²) in [4.78, 5) is 25.5. The number of carbonyl (C=O) groups excluding carboxylic acids is 2. The number of benzene rings is 2. The summed E-state index contributed by atoms with van der Waals surface area (Å²) in [5.41, 5.74) is 2.60. The molecular weight excluding hydrogens is 457 g/mol. The quantitative estimate of drug-likeness (QED) is 0.370. The summed E-state index contributed by atoms with van der Waals surface area (Å²) >= 11 is 4.76. The Morgan fingerprint density at radius 1 is 1.17 bits per heavy atom. The van der Waals surface area contributed by atoms with Crippen LogP contribution in [0.25, 0.3) is 11.6 Å². The van der Waals surface area contributed by atoms with E-state index in [0.29, 0.717) is 21.7 Å². The molecule has 3 aromatic rings. The zero-order valence-electron chi connectivity index (χ0n) is 15.4. The highest BCUT2D eigenvalue weighted by Gasteiger charge is 2.17. The van der Waals surface area contributed by atoms with Crippen molar-refractivity contribution in [3.63, 3.8) is 0 Å². The minimum Gasteiger partial charge on any atom is -0.452 e. The molecule has 0 fully saturated rings. The molecule has 0 aliphatic heterocycles. The summed E-state index contributed by atoms with van der Waals surface area (Å²) in [6, 6.07) is 14.9. The topological polar surface area (TPSA) is 55.4 Å². The maximum Gasteiger partial charge on any atom is 0.340 e. The van der Waals surface area contributed by atoms with E-state index >= 15 is 0 Å². The molecule has 148 valence electrons. The van der Waals surface area contributed by atoms with Crippen molar-refractivity contribution in [1.82, 2.24) is 0 Å². The normalized spacial score (nSPS) is 11.2. The Kier molecular flexibility index (Phi) is 6.95. The monoisotopic (exact) mass is 473 g/mol. The number of aryl methyl sites for hydroxylation is 1. The first kappa shape index (κ1) is 21.0. The van der Waals surface area contributed by atoms with Crippen LogP contribution in [0, 0.1) is 12.7 Å². The predicted octanol–water partition coefficient (Wildman–Crippen LogP) is 5.68. The molecule has 2 aromatic carbocycles. The highest BCUT2D eigenvalue weighted by Crippen LogP contribution is 2.25. The highest BCUT2D eigenvalue weighted by atomic mass is 79.9. The average molecular weight is 474 g/mol. The van der Waals surface area contributed by atoms with Crippen LogP contribution in [-0.2, 0) is 14.3 Å². The molecule has 0 unspecified atom stereocenters. The summed E-state index contributed by atoms with van der Waals surface area (Å²) in [6.07, 6.45) is 1.61. The first-order chi connectivity index (χ1) is 13.9. The van der Waals surface area contributed by atoms with Gasteiger partial charge in [0.25, 0.3) is 5.91 Å². The minimum atomic E-state index is -0.630. The van der Waals surface area contributed by atoms with Gasteiger partial charge >= 0.3 is 5.97 Å². The van der Waals surface area contributed by atoms with E-state index in [2.05, 4.69) is 21.2 Å². The molecule has 0 aliphatic rings. The summed E-state index contributed by atoms with van der Waals surface area (Å²) in [7, 11) is 0. The molecule has 1 N–H and O–H groups in total. The lowest BCUT2D eigenvalue weighted by Gasteiger charge is -2.10. The Morgan fingerprint density at radius 3 is 2.59 bits per heavy atom. The van der Waals surface area contributed by atoms with E-state index in [4.69, 9.17) is 4.74 Å². The molecule has 4 nitrogen and oxygen atoms in total. The Labute approximate surface area is 180 Å². The number of halogens is 2. The lowest BCUT2D eigenvalue weighted by Crippen LogP contribution is -2.21. The second-order valence-corrected chi connectivity index (χ2v) is 8.00. The van der Waals surface area contributed by atoms with Crippen molar-refractivity contribution in [1.29, 1.82) is 0 Å². The molecule has 1 heterocycles. The predicted molar refractivity (Wildman–Crippen MR) is 117 cm³/mol. The molecule has 0 atom stereocenters. The van der Waals surface area contributed by atoms with E-state index in [9.17, 15) is 14.0 Å². The van der Waals surface area contributed by atoms with E-state index < -0.39 is 18.5 Å². The van der Waals surface area contributed by atoms with Gasteiger partial charge < -0.3 is 10.1 Å². The SMILES string of the molecule is Cc1ccc(NC(=O)COC(=O)/C(=C/c2ccc(F)cc2)c2cccs2)c(Br)c1. The van der Waals surface area contributed by atoms with Gasteiger partial charge in [-0.25, -0.2) is 9.18 Å². The van der Waals surface area contributed by atoms with Crippen LogP contribution in [0.3, 0.4) is 0 Å². The van der Waals surface area contributed by atoms with Crippen LogP contribution in [0.1, 0.15) is 16.0 Å². The number of esters is 1. The first-order valence-corrected chi connectivity index (χ1v) is 10.3. The molecule has 29 heavy (non-hydrogen) atoms. The lowest BCUT2D eigenvalue weighted by molar-refractivity contribution is -0.141. The van der Waals surface area contributed by atoms with Gasteiger partial charge in [-0.2, -0.15) is 0 Å². The first-order valence-electron chi connectivity index (χ1n) is 8.66. The van der Waals surface area contributed by atoms with E-state index in [-0.39, 0.29) is 5.82 Å². The number of nitrogens with one attached hydrogen (secondary N) is 1. The zero-order chi connectivity index (χ0) is 20.8.